The van der Waals surface area contributed by atoms with E-state index in [0.717, 1.165) is 5.69 Å². The largest absolute Gasteiger partial charge is 0.383 e. The van der Waals surface area contributed by atoms with E-state index in [1.165, 1.54) is 0 Å². The van der Waals surface area contributed by atoms with E-state index in [1.54, 1.807) is 18.2 Å². The zero-order valence-electron chi connectivity index (χ0n) is 12.4. The minimum absolute atomic E-state index is 0.000183. The van der Waals surface area contributed by atoms with E-state index < -0.39 is 0 Å². The van der Waals surface area contributed by atoms with Gasteiger partial charge in [0.05, 0.1) is 24.8 Å². The average Bonchev–Trinajstić information content (AvgIpc) is 2.82. The first-order chi connectivity index (χ1) is 10.1. The van der Waals surface area contributed by atoms with Gasteiger partial charge < -0.3 is 15.0 Å². The van der Waals surface area contributed by atoms with E-state index in [-0.39, 0.29) is 30.2 Å². The Morgan fingerprint density at radius 1 is 1.57 bits per heavy atom. The van der Waals surface area contributed by atoms with Crippen LogP contribution < -0.4 is 5.32 Å². The fourth-order valence-electron chi connectivity index (χ4n) is 2.44. The molecule has 2 heterocycles. The number of rotatable bonds is 6. The van der Waals surface area contributed by atoms with Gasteiger partial charge in [-0.3, -0.25) is 14.6 Å². The summed E-state index contributed by atoms with van der Waals surface area (Å²) in [5.41, 5.74) is 0.833. The van der Waals surface area contributed by atoms with Gasteiger partial charge in [-0.2, -0.15) is 0 Å². The molecule has 114 valence electrons. The SMILES string of the molecule is COCC(C)NC(=O)C1CC(=O)N(Cc2ccccn2)C1. The number of carbonyl (C=O) groups excluding carboxylic acids is 2. The molecule has 2 amide bonds. The first-order valence-corrected chi connectivity index (χ1v) is 7.07. The molecule has 0 aromatic carbocycles. The quantitative estimate of drug-likeness (QED) is 0.832. The van der Waals surface area contributed by atoms with Crippen LogP contribution in [0.15, 0.2) is 24.4 Å². The molecule has 1 aliphatic rings. The highest BCUT2D eigenvalue weighted by Crippen LogP contribution is 2.20. The second-order valence-corrected chi connectivity index (χ2v) is 5.36. The molecule has 2 unspecified atom stereocenters. The highest BCUT2D eigenvalue weighted by molar-refractivity contribution is 5.89. The predicted molar refractivity (Wildman–Crippen MR) is 77.2 cm³/mol. The summed E-state index contributed by atoms with van der Waals surface area (Å²) in [6.07, 6.45) is 1.96. The summed E-state index contributed by atoms with van der Waals surface area (Å²) in [5.74, 6) is -0.378. The predicted octanol–water partition coefficient (Wildman–Crippen LogP) is 0.581. The second kappa shape index (κ2) is 7.17. The summed E-state index contributed by atoms with van der Waals surface area (Å²) in [7, 11) is 1.59. The molecule has 1 N–H and O–H groups in total. The maximum absolute atomic E-state index is 12.1. The van der Waals surface area contributed by atoms with Crippen LogP contribution in [0.1, 0.15) is 19.0 Å². The Balaban J connectivity index is 1.88. The van der Waals surface area contributed by atoms with Crippen LogP contribution in [0.4, 0.5) is 0 Å². The average molecular weight is 291 g/mol. The van der Waals surface area contributed by atoms with Crippen molar-refractivity contribution in [1.29, 1.82) is 0 Å². The van der Waals surface area contributed by atoms with Gasteiger partial charge >= 0.3 is 0 Å². The van der Waals surface area contributed by atoms with E-state index in [1.807, 2.05) is 25.1 Å². The van der Waals surface area contributed by atoms with Crippen LogP contribution >= 0.6 is 0 Å². The van der Waals surface area contributed by atoms with E-state index in [4.69, 9.17) is 4.74 Å². The van der Waals surface area contributed by atoms with Gasteiger partial charge in [-0.15, -0.1) is 0 Å². The summed E-state index contributed by atoms with van der Waals surface area (Å²) >= 11 is 0. The van der Waals surface area contributed by atoms with Gasteiger partial charge in [-0.05, 0) is 19.1 Å². The Kier molecular flexibility index (Phi) is 5.27. The molecule has 2 rings (SSSR count). The molecule has 2 atom stereocenters. The molecular weight excluding hydrogens is 270 g/mol. The molecule has 0 aliphatic carbocycles. The number of nitrogens with one attached hydrogen (secondary N) is 1. The fourth-order valence-corrected chi connectivity index (χ4v) is 2.44. The van der Waals surface area contributed by atoms with Crippen molar-refractivity contribution in [3.05, 3.63) is 30.1 Å². The molecular formula is C15H21N3O3. The van der Waals surface area contributed by atoms with E-state index in [2.05, 4.69) is 10.3 Å². The van der Waals surface area contributed by atoms with Gasteiger partial charge in [0.2, 0.25) is 11.8 Å². The first kappa shape index (κ1) is 15.4. The third kappa shape index (κ3) is 4.26. The van der Waals surface area contributed by atoms with E-state index in [0.29, 0.717) is 19.7 Å². The van der Waals surface area contributed by atoms with Crippen LogP contribution in [0.25, 0.3) is 0 Å². The fraction of sp³-hybridized carbons (Fsp3) is 0.533. The number of likely N-dealkylation sites (tertiary alicyclic amines) is 1. The number of methoxy groups -OCH3 is 1. The number of pyridine rings is 1. The third-order valence-corrected chi connectivity index (χ3v) is 3.47. The molecule has 1 saturated heterocycles. The molecule has 0 saturated carbocycles. The normalized spacial score (nSPS) is 19.6. The summed E-state index contributed by atoms with van der Waals surface area (Å²) in [6.45, 7) is 3.24. The van der Waals surface area contributed by atoms with Crippen molar-refractivity contribution in [2.75, 3.05) is 20.3 Å². The van der Waals surface area contributed by atoms with Gasteiger partial charge in [0.1, 0.15) is 0 Å². The summed E-state index contributed by atoms with van der Waals surface area (Å²) in [6, 6.07) is 5.55. The molecule has 1 aliphatic heterocycles. The highest BCUT2D eigenvalue weighted by atomic mass is 16.5. The van der Waals surface area contributed by atoms with Crippen LogP contribution in [-0.4, -0.2) is 48.0 Å². The molecule has 0 bridgehead atoms. The topological polar surface area (TPSA) is 71.5 Å². The van der Waals surface area contributed by atoms with Crippen LogP contribution in [0, 0.1) is 5.92 Å². The summed E-state index contributed by atoms with van der Waals surface area (Å²) in [4.78, 5) is 30.0. The lowest BCUT2D eigenvalue weighted by molar-refractivity contribution is -0.129. The van der Waals surface area contributed by atoms with Gasteiger partial charge in [-0.1, -0.05) is 6.07 Å². The van der Waals surface area contributed by atoms with Gasteiger partial charge in [0.25, 0.3) is 0 Å². The van der Waals surface area contributed by atoms with Crippen molar-refractivity contribution >= 4 is 11.8 Å². The number of amides is 2. The van der Waals surface area contributed by atoms with Gasteiger partial charge in [-0.25, -0.2) is 0 Å². The molecule has 1 aromatic rings. The van der Waals surface area contributed by atoms with E-state index >= 15 is 0 Å². The number of aromatic nitrogens is 1. The van der Waals surface area contributed by atoms with Crippen molar-refractivity contribution in [2.45, 2.75) is 25.9 Å². The van der Waals surface area contributed by atoms with Crippen LogP contribution in [0.5, 0.6) is 0 Å². The lowest BCUT2D eigenvalue weighted by Crippen LogP contribution is -2.40. The molecule has 6 nitrogen and oxygen atoms in total. The van der Waals surface area contributed by atoms with Crippen LogP contribution in [-0.2, 0) is 20.9 Å². The van der Waals surface area contributed by atoms with Crippen molar-refractivity contribution in [3.63, 3.8) is 0 Å². The van der Waals surface area contributed by atoms with Gasteiger partial charge in [0.15, 0.2) is 0 Å². The molecule has 21 heavy (non-hydrogen) atoms. The standard InChI is InChI=1S/C15H21N3O3/c1-11(10-21-2)17-15(20)12-7-14(19)18(8-12)9-13-5-3-4-6-16-13/h3-6,11-12H,7-10H2,1-2H3,(H,17,20). The van der Waals surface area contributed by atoms with Crippen molar-refractivity contribution in [2.24, 2.45) is 5.92 Å². The molecule has 6 heteroatoms. The minimum atomic E-state index is -0.291. The lowest BCUT2D eigenvalue weighted by atomic mass is 10.1. The van der Waals surface area contributed by atoms with E-state index in [9.17, 15) is 9.59 Å². The molecule has 0 radical (unpaired) electrons. The number of ether oxygens (including phenoxy) is 1. The van der Waals surface area contributed by atoms with Gasteiger partial charge in [0, 0.05) is 32.3 Å². The Morgan fingerprint density at radius 3 is 3.05 bits per heavy atom. The number of carbonyl (C=O) groups is 2. The Labute approximate surface area is 124 Å². The zero-order chi connectivity index (χ0) is 15.2. The molecule has 0 spiro atoms. The monoisotopic (exact) mass is 291 g/mol. The lowest BCUT2D eigenvalue weighted by Gasteiger charge is -2.17. The third-order valence-electron chi connectivity index (χ3n) is 3.47. The smallest absolute Gasteiger partial charge is 0.225 e. The zero-order valence-corrected chi connectivity index (χ0v) is 12.4. The maximum Gasteiger partial charge on any atom is 0.225 e. The molecule has 1 fully saturated rings. The first-order valence-electron chi connectivity index (χ1n) is 7.07. The molecule has 1 aromatic heterocycles. The van der Waals surface area contributed by atoms with Crippen molar-refractivity contribution in [3.8, 4) is 0 Å². The number of hydrogen-bond acceptors (Lipinski definition) is 4. The summed E-state index contributed by atoms with van der Waals surface area (Å²) < 4.78 is 4.99. The maximum atomic E-state index is 12.1. The van der Waals surface area contributed by atoms with Crippen LogP contribution in [0.3, 0.4) is 0 Å². The Hall–Kier alpha value is -1.95. The van der Waals surface area contributed by atoms with Crippen molar-refractivity contribution < 1.29 is 14.3 Å². The Morgan fingerprint density at radius 2 is 2.38 bits per heavy atom. The Bertz CT molecular complexity index is 492. The highest BCUT2D eigenvalue weighted by Gasteiger charge is 2.34. The number of hydrogen-bond donors (Lipinski definition) is 1. The van der Waals surface area contributed by atoms with Crippen molar-refractivity contribution in [1.82, 2.24) is 15.2 Å². The minimum Gasteiger partial charge on any atom is -0.383 e. The number of nitrogens with zero attached hydrogens (tertiary/aromatic N) is 2. The van der Waals surface area contributed by atoms with Crippen LogP contribution in [0.2, 0.25) is 0 Å². The summed E-state index contributed by atoms with van der Waals surface area (Å²) in [5, 5.41) is 2.87. The second-order valence-electron chi connectivity index (χ2n) is 5.36.